The standard InChI is InChI=1S/C13H14FNO3S/c14-9-5-8-10(15-13(17)12(8)16)6-11(9)19-7-1-3-18-4-2-7/h5-7,12,16H,1-4H2,(H,15,17). The molecule has 19 heavy (non-hydrogen) atoms. The van der Waals surface area contributed by atoms with Gasteiger partial charge in [-0.05, 0) is 25.0 Å². The number of aliphatic hydroxyl groups is 1. The number of thioether (sulfide) groups is 1. The summed E-state index contributed by atoms with van der Waals surface area (Å²) in [6.45, 7) is 1.42. The summed E-state index contributed by atoms with van der Waals surface area (Å²) in [4.78, 5) is 11.9. The van der Waals surface area contributed by atoms with Crippen molar-refractivity contribution in [2.75, 3.05) is 18.5 Å². The molecule has 0 bridgehead atoms. The Bertz CT molecular complexity index is 517. The molecule has 2 heterocycles. The van der Waals surface area contributed by atoms with Crippen LogP contribution in [0, 0.1) is 5.82 Å². The molecule has 1 unspecified atom stereocenters. The zero-order chi connectivity index (χ0) is 13.4. The average molecular weight is 283 g/mol. The fraction of sp³-hybridized carbons (Fsp3) is 0.462. The lowest BCUT2D eigenvalue weighted by Gasteiger charge is -2.21. The second-order valence-corrected chi connectivity index (χ2v) is 6.03. The smallest absolute Gasteiger partial charge is 0.257 e. The van der Waals surface area contributed by atoms with Gasteiger partial charge in [0.15, 0.2) is 6.10 Å². The number of hydrogen-bond acceptors (Lipinski definition) is 4. The summed E-state index contributed by atoms with van der Waals surface area (Å²) in [7, 11) is 0. The molecule has 0 saturated carbocycles. The first-order valence-electron chi connectivity index (χ1n) is 6.22. The molecule has 0 aliphatic carbocycles. The molecule has 0 radical (unpaired) electrons. The minimum absolute atomic E-state index is 0.318. The number of benzene rings is 1. The molecule has 3 rings (SSSR count). The molecule has 1 saturated heterocycles. The summed E-state index contributed by atoms with van der Waals surface area (Å²) in [6, 6.07) is 2.86. The number of nitrogens with one attached hydrogen (secondary N) is 1. The van der Waals surface area contributed by atoms with Crippen LogP contribution in [0.15, 0.2) is 17.0 Å². The van der Waals surface area contributed by atoms with E-state index in [1.165, 1.54) is 17.8 Å². The number of hydrogen-bond donors (Lipinski definition) is 2. The maximum absolute atomic E-state index is 14.0. The maximum atomic E-state index is 14.0. The molecule has 1 fully saturated rings. The predicted octanol–water partition coefficient (Wildman–Crippen LogP) is 2.08. The number of ether oxygens (including phenoxy) is 1. The van der Waals surface area contributed by atoms with E-state index in [0.29, 0.717) is 34.6 Å². The fourth-order valence-electron chi connectivity index (χ4n) is 2.31. The SMILES string of the molecule is O=C1Nc2cc(SC3CCOCC3)c(F)cc2C1O. The minimum Gasteiger partial charge on any atom is -0.381 e. The van der Waals surface area contributed by atoms with E-state index in [1.807, 2.05) is 0 Å². The van der Waals surface area contributed by atoms with Crippen LogP contribution in [0.2, 0.25) is 0 Å². The van der Waals surface area contributed by atoms with Crippen molar-refractivity contribution in [3.05, 3.63) is 23.5 Å². The summed E-state index contributed by atoms with van der Waals surface area (Å²) in [5.74, 6) is -0.881. The average Bonchev–Trinajstić information content (AvgIpc) is 2.67. The van der Waals surface area contributed by atoms with Crippen LogP contribution in [0.3, 0.4) is 0 Å². The summed E-state index contributed by atoms with van der Waals surface area (Å²) in [5.41, 5.74) is 0.826. The number of anilines is 1. The molecular formula is C13H14FNO3S. The molecule has 0 aromatic heterocycles. The van der Waals surface area contributed by atoms with E-state index < -0.39 is 12.0 Å². The Morgan fingerprint density at radius 1 is 1.37 bits per heavy atom. The van der Waals surface area contributed by atoms with Crippen molar-refractivity contribution < 1.29 is 19.0 Å². The first kappa shape index (κ1) is 12.9. The highest BCUT2D eigenvalue weighted by atomic mass is 32.2. The molecule has 2 aliphatic heterocycles. The summed E-state index contributed by atoms with van der Waals surface area (Å²) in [5, 5.41) is 12.5. The summed E-state index contributed by atoms with van der Waals surface area (Å²) in [6.07, 6.45) is 0.540. The van der Waals surface area contributed by atoms with Gasteiger partial charge >= 0.3 is 0 Å². The van der Waals surface area contributed by atoms with Gasteiger partial charge in [0.25, 0.3) is 5.91 Å². The molecule has 2 N–H and O–H groups in total. The third-order valence-electron chi connectivity index (χ3n) is 3.37. The zero-order valence-electron chi connectivity index (χ0n) is 10.2. The summed E-state index contributed by atoms with van der Waals surface area (Å²) < 4.78 is 19.3. The van der Waals surface area contributed by atoms with Crippen LogP contribution < -0.4 is 5.32 Å². The Morgan fingerprint density at radius 3 is 2.84 bits per heavy atom. The quantitative estimate of drug-likeness (QED) is 0.872. The van der Waals surface area contributed by atoms with E-state index >= 15 is 0 Å². The van der Waals surface area contributed by atoms with Gasteiger partial charge in [-0.3, -0.25) is 4.79 Å². The van der Waals surface area contributed by atoms with Crippen molar-refractivity contribution in [3.8, 4) is 0 Å². The van der Waals surface area contributed by atoms with E-state index in [9.17, 15) is 14.3 Å². The fourth-order valence-corrected chi connectivity index (χ4v) is 3.45. The highest BCUT2D eigenvalue weighted by molar-refractivity contribution is 8.00. The first-order chi connectivity index (χ1) is 9.15. The lowest BCUT2D eigenvalue weighted by atomic mass is 10.1. The molecule has 102 valence electrons. The number of halogens is 1. The molecule has 1 aromatic rings. The minimum atomic E-state index is -1.26. The number of carbonyl (C=O) groups is 1. The number of carbonyl (C=O) groups excluding carboxylic acids is 1. The third kappa shape index (κ3) is 2.48. The van der Waals surface area contributed by atoms with Gasteiger partial charge in [0.05, 0.1) is 0 Å². The number of aliphatic hydroxyl groups excluding tert-OH is 1. The predicted molar refractivity (Wildman–Crippen MR) is 69.7 cm³/mol. The van der Waals surface area contributed by atoms with Gasteiger partial charge in [-0.2, -0.15) is 0 Å². The second kappa shape index (κ2) is 5.11. The number of fused-ring (bicyclic) bond motifs is 1. The van der Waals surface area contributed by atoms with Crippen molar-refractivity contribution in [2.45, 2.75) is 29.1 Å². The van der Waals surface area contributed by atoms with Crippen molar-refractivity contribution >= 4 is 23.4 Å². The zero-order valence-corrected chi connectivity index (χ0v) is 11.0. The maximum Gasteiger partial charge on any atom is 0.257 e. The van der Waals surface area contributed by atoms with Crippen LogP contribution >= 0.6 is 11.8 Å². The van der Waals surface area contributed by atoms with Crippen molar-refractivity contribution in [1.29, 1.82) is 0 Å². The lowest BCUT2D eigenvalue weighted by Crippen LogP contribution is -2.17. The van der Waals surface area contributed by atoms with Gasteiger partial charge in [-0.1, -0.05) is 0 Å². The Kier molecular flexibility index (Phi) is 3.47. The van der Waals surface area contributed by atoms with Crippen molar-refractivity contribution in [1.82, 2.24) is 0 Å². The molecule has 6 heteroatoms. The van der Waals surface area contributed by atoms with Crippen LogP contribution in [0.5, 0.6) is 0 Å². The van der Waals surface area contributed by atoms with Gasteiger partial charge < -0.3 is 15.2 Å². The van der Waals surface area contributed by atoms with Gasteiger partial charge in [0, 0.05) is 34.6 Å². The van der Waals surface area contributed by atoms with E-state index in [1.54, 1.807) is 6.07 Å². The molecule has 2 aliphatic rings. The Hall–Kier alpha value is -1.11. The third-order valence-corrected chi connectivity index (χ3v) is 4.74. The van der Waals surface area contributed by atoms with Crippen LogP contribution in [0.1, 0.15) is 24.5 Å². The van der Waals surface area contributed by atoms with Crippen molar-refractivity contribution in [2.24, 2.45) is 0 Å². The Morgan fingerprint density at radius 2 is 2.11 bits per heavy atom. The molecule has 1 amide bonds. The van der Waals surface area contributed by atoms with Crippen LogP contribution in [-0.4, -0.2) is 29.5 Å². The number of amides is 1. The van der Waals surface area contributed by atoms with Crippen LogP contribution in [0.4, 0.5) is 10.1 Å². The second-order valence-electron chi connectivity index (χ2n) is 4.69. The topological polar surface area (TPSA) is 58.6 Å². The van der Waals surface area contributed by atoms with E-state index in [-0.39, 0.29) is 5.82 Å². The largest absolute Gasteiger partial charge is 0.381 e. The monoisotopic (exact) mass is 283 g/mol. The molecule has 0 spiro atoms. The van der Waals surface area contributed by atoms with Gasteiger partial charge in [-0.15, -0.1) is 11.8 Å². The van der Waals surface area contributed by atoms with E-state index in [2.05, 4.69) is 5.32 Å². The Labute approximate surface area is 114 Å². The molecule has 1 aromatic carbocycles. The van der Waals surface area contributed by atoms with E-state index in [4.69, 9.17) is 4.74 Å². The van der Waals surface area contributed by atoms with Crippen LogP contribution in [0.25, 0.3) is 0 Å². The normalized spacial score (nSPS) is 23.3. The molecule has 4 nitrogen and oxygen atoms in total. The van der Waals surface area contributed by atoms with E-state index in [0.717, 1.165) is 12.8 Å². The van der Waals surface area contributed by atoms with Gasteiger partial charge in [0.2, 0.25) is 0 Å². The van der Waals surface area contributed by atoms with Gasteiger partial charge in [-0.25, -0.2) is 4.39 Å². The lowest BCUT2D eigenvalue weighted by molar-refractivity contribution is -0.123. The number of rotatable bonds is 2. The summed E-state index contributed by atoms with van der Waals surface area (Å²) >= 11 is 1.47. The first-order valence-corrected chi connectivity index (χ1v) is 7.10. The Balaban J connectivity index is 1.83. The van der Waals surface area contributed by atoms with Gasteiger partial charge in [0.1, 0.15) is 5.82 Å². The van der Waals surface area contributed by atoms with Crippen LogP contribution in [-0.2, 0) is 9.53 Å². The highest BCUT2D eigenvalue weighted by Crippen LogP contribution is 2.38. The molecule has 1 atom stereocenters. The highest BCUT2D eigenvalue weighted by Gasteiger charge is 2.30. The van der Waals surface area contributed by atoms with Crippen molar-refractivity contribution in [3.63, 3.8) is 0 Å². The molecular weight excluding hydrogens is 269 g/mol.